The fourth-order valence-electron chi connectivity index (χ4n) is 17.8. The van der Waals surface area contributed by atoms with E-state index in [2.05, 4.69) is 423 Å². The van der Waals surface area contributed by atoms with Crippen LogP contribution in [0.5, 0.6) is 0 Å². The highest BCUT2D eigenvalue weighted by Crippen LogP contribution is 2.55. The van der Waals surface area contributed by atoms with E-state index in [-0.39, 0.29) is 23.7 Å². The van der Waals surface area contributed by atoms with Crippen LogP contribution in [0.25, 0.3) is 114 Å². The predicted octanol–water partition coefficient (Wildman–Crippen LogP) is 25.4. The number of aromatic amines is 2. The van der Waals surface area contributed by atoms with Crippen molar-refractivity contribution < 1.29 is 0 Å². The summed E-state index contributed by atoms with van der Waals surface area (Å²) >= 11 is 0. The minimum absolute atomic E-state index is 0.263. The zero-order valence-electron chi connectivity index (χ0n) is 63.3. The molecule has 0 spiro atoms. The molecule has 21 rings (SSSR count). The minimum Gasteiger partial charge on any atom is -0.324 e. The van der Waals surface area contributed by atoms with Crippen LogP contribution in [0.1, 0.15) is 136 Å². The Hall–Kier alpha value is -15.1. The SMILES string of the molecule is C1=C(c2ccccc2)C(c2ccccc2)C(c2ccccc2)=CC2=C1c1nc2nc2[nH]c(nc3nc(nc4[nH]c(n1)c1c4C=C(c4ccccc4)C(c4ccccc4)C(c4ccccc4)=C1)C1=C3C=C(c3ccccc3)C(c3ccccc3)C(c3ccccc3)=C1)c1c2C=C(c2ccccc2)C(c2ccccc2)C(c2ccccc2)=C1. The summed E-state index contributed by atoms with van der Waals surface area (Å²) in [4.78, 5) is 44.2. The number of rotatable bonds is 12. The average molecular weight is 1480 g/mol. The van der Waals surface area contributed by atoms with Crippen LogP contribution < -0.4 is 0 Å². The van der Waals surface area contributed by atoms with Crippen LogP contribution >= 0.6 is 0 Å². The summed E-state index contributed by atoms with van der Waals surface area (Å²) in [6, 6.07) is 130. The minimum atomic E-state index is -0.265. The third-order valence-electron chi connectivity index (χ3n) is 23.2. The van der Waals surface area contributed by atoms with Crippen LogP contribution in [0, 0.1) is 0 Å². The number of benzene rings is 12. The Kier molecular flexibility index (Phi) is 17.7. The Morgan fingerprint density at radius 3 is 0.466 bits per heavy atom. The van der Waals surface area contributed by atoms with E-state index in [1.165, 1.54) is 0 Å². The van der Waals surface area contributed by atoms with Gasteiger partial charge in [0.2, 0.25) is 0 Å². The van der Waals surface area contributed by atoms with Crippen molar-refractivity contribution in [3.8, 4) is 0 Å². The molecule has 8 nitrogen and oxygen atoms in total. The van der Waals surface area contributed by atoms with Gasteiger partial charge >= 0.3 is 0 Å². The topological polar surface area (TPSA) is 109 Å². The number of H-pyrrole nitrogens is 2. The molecule has 6 aliphatic rings. The molecule has 116 heavy (non-hydrogen) atoms. The first-order chi connectivity index (χ1) is 57.5. The van der Waals surface area contributed by atoms with Gasteiger partial charge in [-0.1, -0.05) is 364 Å². The van der Waals surface area contributed by atoms with E-state index in [4.69, 9.17) is 29.9 Å². The van der Waals surface area contributed by atoms with Gasteiger partial charge in [-0.25, -0.2) is 29.9 Å². The molecule has 8 bridgehead atoms. The largest absolute Gasteiger partial charge is 0.324 e. The highest BCUT2D eigenvalue weighted by molar-refractivity contribution is 6.14. The second-order valence-electron chi connectivity index (χ2n) is 30.0. The summed E-state index contributed by atoms with van der Waals surface area (Å²) in [5, 5.41) is 0. The molecule has 2 N–H and O–H groups in total. The van der Waals surface area contributed by atoms with Crippen molar-refractivity contribution in [3.05, 3.63) is 501 Å². The van der Waals surface area contributed by atoms with Crippen molar-refractivity contribution in [2.24, 2.45) is 0 Å². The predicted molar refractivity (Wildman–Crippen MR) is 477 cm³/mol. The fourth-order valence-corrected chi connectivity index (χ4v) is 17.8. The number of aromatic nitrogens is 8. The molecular formula is C108H74N8. The number of hydrogen-bond acceptors (Lipinski definition) is 6. The van der Waals surface area contributed by atoms with Gasteiger partial charge in [-0.15, -0.1) is 0 Å². The van der Waals surface area contributed by atoms with Gasteiger partial charge in [-0.2, -0.15) is 0 Å². The van der Waals surface area contributed by atoms with Crippen LogP contribution in [-0.4, -0.2) is 39.9 Å². The number of nitrogens with one attached hydrogen (secondary N) is 2. The van der Waals surface area contributed by atoms with E-state index in [0.717, 1.165) is 156 Å². The molecule has 0 saturated heterocycles. The molecule has 0 fully saturated rings. The Morgan fingerprint density at radius 2 is 0.302 bits per heavy atom. The molecular weight excluding hydrogens is 1410 g/mol. The molecule has 3 aromatic heterocycles. The van der Waals surface area contributed by atoms with Crippen LogP contribution in [0.2, 0.25) is 0 Å². The van der Waals surface area contributed by atoms with E-state index >= 15 is 0 Å². The monoisotopic (exact) mass is 1480 g/mol. The fraction of sp³-hybridized carbons (Fsp3) is 0.0370. The molecule has 0 amide bonds. The Balaban J connectivity index is 0.968. The van der Waals surface area contributed by atoms with Gasteiger partial charge in [-0.3, -0.25) is 0 Å². The van der Waals surface area contributed by atoms with Crippen LogP contribution in [0.15, 0.2) is 388 Å². The first-order valence-electron chi connectivity index (χ1n) is 39.7. The van der Waals surface area contributed by atoms with Crippen molar-refractivity contribution >= 4 is 114 Å². The lowest BCUT2D eigenvalue weighted by Gasteiger charge is -2.25. The number of hydrogen-bond donors (Lipinski definition) is 2. The summed E-state index contributed by atoms with van der Waals surface area (Å²) in [7, 11) is 0. The highest BCUT2D eigenvalue weighted by Gasteiger charge is 2.37. The summed E-state index contributed by atoms with van der Waals surface area (Å²) in [5.74, 6) is 0.833. The second-order valence-corrected chi connectivity index (χ2v) is 30.0. The molecule has 15 aromatic rings. The number of nitrogens with zero attached hydrogens (tertiary/aromatic N) is 6. The van der Waals surface area contributed by atoms with Gasteiger partial charge < -0.3 is 9.97 Å². The smallest absolute Gasteiger partial charge is 0.164 e. The van der Waals surface area contributed by atoms with Crippen molar-refractivity contribution in [2.45, 2.75) is 23.7 Å². The van der Waals surface area contributed by atoms with Crippen molar-refractivity contribution in [1.82, 2.24) is 39.9 Å². The van der Waals surface area contributed by atoms with Gasteiger partial charge in [0.15, 0.2) is 23.3 Å². The summed E-state index contributed by atoms with van der Waals surface area (Å²) in [5.41, 5.74) is 30.6. The molecule has 12 aromatic carbocycles. The maximum atomic E-state index is 6.08. The second kappa shape index (κ2) is 29.8. The van der Waals surface area contributed by atoms with Crippen molar-refractivity contribution in [1.29, 1.82) is 0 Å². The molecule has 5 heterocycles. The molecule has 4 aliphatic carbocycles. The third-order valence-corrected chi connectivity index (χ3v) is 23.2. The van der Waals surface area contributed by atoms with Crippen LogP contribution in [-0.2, 0) is 0 Å². The average Bonchev–Trinajstić information content (AvgIpc) is 1.58. The maximum absolute atomic E-state index is 6.08. The van der Waals surface area contributed by atoms with Crippen LogP contribution in [0.4, 0.5) is 0 Å². The summed E-state index contributed by atoms with van der Waals surface area (Å²) in [6.45, 7) is 0. The standard InChI is InChI=1S/C108H74N8/c1-13-37-69(38-14-1)81-61-89-90(62-82(70-39-15-2-16-40-70)97(81)77-53-29-9-30-54-77)102-109-101(89)113-103-91-63-83(71-41-17-3-18-42-71)98(78-55-31-10-32-56-78)84(72-43-19-4-20-44-72)64-92(91)105(110-103)115-107-95-67-87(75-49-25-7-26-50-75)100(80-59-35-12-36-60-80)88(76-51-27-8-28-52-76)68-96(95)108(112-107)116-106-94-66-86(74-47-23-6-24-48-74)99(79-57-33-11-34-58-79)85(73-45-21-5-22-46-73)65-93(94)104(111-106)114-102/h1-68,97-100H,(H2,109,110,111,112,113,114,115,116). The van der Waals surface area contributed by atoms with Gasteiger partial charge in [0.05, 0.1) is 0 Å². The lowest BCUT2D eigenvalue weighted by atomic mass is 9.78. The normalized spacial score (nSPS) is 17.0. The van der Waals surface area contributed by atoms with E-state index in [1.54, 1.807) is 0 Å². The van der Waals surface area contributed by atoms with Gasteiger partial charge in [0.25, 0.3) is 0 Å². The van der Waals surface area contributed by atoms with E-state index < -0.39 is 0 Å². The third kappa shape index (κ3) is 12.7. The lowest BCUT2D eigenvalue weighted by Crippen LogP contribution is -2.06. The van der Waals surface area contributed by atoms with Gasteiger partial charge in [0.1, 0.15) is 22.6 Å². The first-order valence-corrected chi connectivity index (χ1v) is 39.7. The first kappa shape index (κ1) is 68.9. The van der Waals surface area contributed by atoms with Crippen molar-refractivity contribution in [3.63, 3.8) is 0 Å². The highest BCUT2D eigenvalue weighted by atomic mass is 15.1. The maximum Gasteiger partial charge on any atom is 0.164 e. The Labute approximate surface area is 673 Å². The van der Waals surface area contributed by atoms with Gasteiger partial charge in [0, 0.05) is 68.2 Å². The lowest BCUT2D eigenvalue weighted by molar-refractivity contribution is 1.09. The molecule has 0 radical (unpaired) electrons. The summed E-state index contributed by atoms with van der Waals surface area (Å²) < 4.78 is 0. The van der Waals surface area contributed by atoms with E-state index in [1.807, 2.05) is 0 Å². The van der Waals surface area contributed by atoms with E-state index in [0.29, 0.717) is 45.9 Å². The van der Waals surface area contributed by atoms with Crippen molar-refractivity contribution in [2.75, 3.05) is 0 Å². The van der Waals surface area contributed by atoms with Crippen LogP contribution in [0.3, 0.4) is 0 Å². The zero-order valence-corrected chi connectivity index (χ0v) is 63.3. The van der Waals surface area contributed by atoms with Gasteiger partial charge in [-0.05, 0) is 160 Å². The molecule has 0 saturated carbocycles. The summed E-state index contributed by atoms with van der Waals surface area (Å²) in [6.07, 6.45) is 18.8. The van der Waals surface area contributed by atoms with E-state index in [9.17, 15) is 0 Å². The molecule has 546 valence electrons. The zero-order chi connectivity index (χ0) is 76.8. The number of fused-ring (bicyclic) bond motifs is 18. The molecule has 0 atom stereocenters. The molecule has 0 unspecified atom stereocenters. The Bertz CT molecular complexity index is 6100. The number of allylic oxidation sites excluding steroid dienone is 16. The Morgan fingerprint density at radius 1 is 0.155 bits per heavy atom. The quantitative estimate of drug-likeness (QED) is 0.126. The molecule has 8 heteroatoms. The molecule has 2 aliphatic heterocycles.